The first-order valence-electron chi connectivity index (χ1n) is 11.5. The van der Waals surface area contributed by atoms with Crippen LogP contribution in [-0.4, -0.2) is 35.0 Å². The summed E-state index contributed by atoms with van der Waals surface area (Å²) in [4.78, 5) is 12.8. The van der Waals surface area contributed by atoms with Crippen LogP contribution in [0.3, 0.4) is 0 Å². The van der Waals surface area contributed by atoms with E-state index in [9.17, 15) is 4.79 Å². The lowest BCUT2D eigenvalue weighted by Gasteiger charge is -2.17. The quantitative estimate of drug-likeness (QED) is 0.282. The van der Waals surface area contributed by atoms with Gasteiger partial charge in [-0.1, -0.05) is 59.8 Å². The summed E-state index contributed by atoms with van der Waals surface area (Å²) in [6, 6.07) is 22.8. The SMILES string of the molecule is COc1cc(NC(=O)NC(C)c2nnc(SCc3ccccc3)n2-c2ccc(C)cc2)cc(OC)c1. The van der Waals surface area contributed by atoms with Crippen LogP contribution in [0.5, 0.6) is 11.5 Å². The maximum atomic E-state index is 12.8. The van der Waals surface area contributed by atoms with Gasteiger partial charge in [-0.15, -0.1) is 10.2 Å². The van der Waals surface area contributed by atoms with Crippen molar-refractivity contribution < 1.29 is 14.3 Å². The molecule has 3 aromatic carbocycles. The van der Waals surface area contributed by atoms with Crippen LogP contribution < -0.4 is 20.1 Å². The van der Waals surface area contributed by atoms with E-state index in [0.29, 0.717) is 23.0 Å². The standard InChI is InChI=1S/C27H29N5O3S/c1-18-10-12-22(13-11-18)32-25(30-31-27(32)36-17-20-8-6-5-7-9-20)19(2)28-26(33)29-21-14-23(34-3)16-24(15-21)35-4/h5-16,19H,17H2,1-4H3,(H2,28,29,33). The summed E-state index contributed by atoms with van der Waals surface area (Å²) in [6.07, 6.45) is 0. The third-order valence-electron chi connectivity index (χ3n) is 5.51. The van der Waals surface area contributed by atoms with E-state index in [1.54, 1.807) is 44.2 Å². The number of nitrogens with zero attached hydrogens (tertiary/aromatic N) is 3. The lowest BCUT2D eigenvalue weighted by Crippen LogP contribution is -2.32. The zero-order chi connectivity index (χ0) is 25.5. The minimum Gasteiger partial charge on any atom is -0.497 e. The van der Waals surface area contributed by atoms with Gasteiger partial charge < -0.3 is 20.1 Å². The van der Waals surface area contributed by atoms with Crippen LogP contribution in [0.1, 0.15) is 29.9 Å². The van der Waals surface area contributed by atoms with Crippen molar-refractivity contribution in [2.45, 2.75) is 30.8 Å². The average molecular weight is 504 g/mol. The number of aromatic nitrogens is 3. The van der Waals surface area contributed by atoms with Crippen molar-refractivity contribution in [1.82, 2.24) is 20.1 Å². The second kappa shape index (κ2) is 11.6. The summed E-state index contributed by atoms with van der Waals surface area (Å²) >= 11 is 1.60. The monoisotopic (exact) mass is 503 g/mol. The van der Waals surface area contributed by atoms with Crippen LogP contribution in [0, 0.1) is 6.92 Å². The van der Waals surface area contributed by atoms with Gasteiger partial charge in [0.05, 0.1) is 20.3 Å². The molecule has 4 aromatic rings. The molecule has 9 heteroatoms. The molecule has 1 unspecified atom stereocenters. The van der Waals surface area contributed by atoms with Gasteiger partial charge in [-0.3, -0.25) is 4.57 Å². The van der Waals surface area contributed by atoms with E-state index >= 15 is 0 Å². The Labute approximate surface area is 215 Å². The summed E-state index contributed by atoms with van der Waals surface area (Å²) in [6.45, 7) is 3.93. The average Bonchev–Trinajstić information content (AvgIpc) is 3.32. The van der Waals surface area contributed by atoms with Crippen LogP contribution in [0.4, 0.5) is 10.5 Å². The fourth-order valence-corrected chi connectivity index (χ4v) is 4.54. The van der Waals surface area contributed by atoms with Crippen molar-refractivity contribution in [3.63, 3.8) is 0 Å². The predicted molar refractivity (Wildman–Crippen MR) is 142 cm³/mol. The molecule has 0 radical (unpaired) electrons. The number of ether oxygens (including phenoxy) is 2. The van der Waals surface area contributed by atoms with Crippen molar-refractivity contribution in [2.24, 2.45) is 0 Å². The predicted octanol–water partition coefficient (Wildman–Crippen LogP) is 5.77. The van der Waals surface area contributed by atoms with E-state index in [-0.39, 0.29) is 6.03 Å². The number of anilines is 1. The molecule has 0 aliphatic heterocycles. The Hall–Kier alpha value is -3.98. The Kier molecular flexibility index (Phi) is 8.12. The normalized spacial score (nSPS) is 11.6. The van der Waals surface area contributed by atoms with Gasteiger partial charge in [0.2, 0.25) is 0 Å². The number of thioether (sulfide) groups is 1. The molecule has 0 fully saturated rings. The van der Waals surface area contributed by atoms with Crippen molar-refractivity contribution >= 4 is 23.5 Å². The molecule has 36 heavy (non-hydrogen) atoms. The summed E-state index contributed by atoms with van der Waals surface area (Å²) in [5.74, 6) is 2.55. The molecule has 4 rings (SSSR count). The van der Waals surface area contributed by atoms with E-state index in [2.05, 4.69) is 33.0 Å². The van der Waals surface area contributed by atoms with Crippen molar-refractivity contribution in [2.75, 3.05) is 19.5 Å². The highest BCUT2D eigenvalue weighted by atomic mass is 32.2. The molecule has 1 atom stereocenters. The Morgan fingerprint density at radius 1 is 0.972 bits per heavy atom. The summed E-state index contributed by atoms with van der Waals surface area (Å²) in [5, 5.41) is 15.5. The Morgan fingerprint density at radius 2 is 1.64 bits per heavy atom. The molecule has 8 nitrogen and oxygen atoms in total. The Bertz CT molecular complexity index is 1290. The maximum Gasteiger partial charge on any atom is 0.319 e. The van der Waals surface area contributed by atoms with E-state index in [1.807, 2.05) is 60.9 Å². The van der Waals surface area contributed by atoms with Gasteiger partial charge in [-0.25, -0.2) is 4.79 Å². The topological polar surface area (TPSA) is 90.3 Å². The fraction of sp³-hybridized carbons (Fsp3) is 0.222. The largest absolute Gasteiger partial charge is 0.497 e. The molecule has 0 saturated heterocycles. The number of hydrogen-bond donors (Lipinski definition) is 2. The first-order chi connectivity index (χ1) is 17.5. The van der Waals surface area contributed by atoms with E-state index in [1.165, 1.54) is 5.56 Å². The number of carbonyl (C=O) groups is 1. The van der Waals surface area contributed by atoms with Gasteiger partial charge in [-0.05, 0) is 31.5 Å². The summed E-state index contributed by atoms with van der Waals surface area (Å²) in [7, 11) is 3.12. The minimum atomic E-state index is -0.419. The lowest BCUT2D eigenvalue weighted by atomic mass is 10.2. The number of methoxy groups -OCH3 is 2. The Balaban J connectivity index is 1.55. The molecule has 1 heterocycles. The highest BCUT2D eigenvalue weighted by Crippen LogP contribution is 2.28. The number of carbonyl (C=O) groups excluding carboxylic acids is 1. The van der Waals surface area contributed by atoms with Gasteiger partial charge in [0.1, 0.15) is 11.5 Å². The number of hydrogen-bond acceptors (Lipinski definition) is 6. The van der Waals surface area contributed by atoms with Gasteiger partial charge >= 0.3 is 6.03 Å². The molecule has 2 N–H and O–H groups in total. The number of urea groups is 1. The van der Waals surface area contributed by atoms with Gasteiger partial charge in [0, 0.05) is 35.3 Å². The molecule has 1 aromatic heterocycles. The summed E-state index contributed by atoms with van der Waals surface area (Å²) in [5.41, 5.74) is 3.84. The first kappa shape index (κ1) is 25.1. The van der Waals surface area contributed by atoms with Gasteiger partial charge in [0.25, 0.3) is 0 Å². The van der Waals surface area contributed by atoms with Crippen molar-refractivity contribution in [1.29, 1.82) is 0 Å². The smallest absolute Gasteiger partial charge is 0.319 e. The third kappa shape index (κ3) is 6.17. The fourth-order valence-electron chi connectivity index (χ4n) is 3.62. The Morgan fingerprint density at radius 3 is 2.28 bits per heavy atom. The highest BCUT2D eigenvalue weighted by Gasteiger charge is 2.21. The van der Waals surface area contributed by atoms with Crippen LogP contribution in [0.2, 0.25) is 0 Å². The van der Waals surface area contributed by atoms with Gasteiger partial charge in [0.15, 0.2) is 11.0 Å². The lowest BCUT2D eigenvalue weighted by molar-refractivity contribution is 0.249. The van der Waals surface area contributed by atoms with E-state index < -0.39 is 6.04 Å². The highest BCUT2D eigenvalue weighted by molar-refractivity contribution is 7.98. The number of benzene rings is 3. The van der Waals surface area contributed by atoms with E-state index in [0.717, 1.165) is 22.2 Å². The third-order valence-corrected chi connectivity index (χ3v) is 6.51. The van der Waals surface area contributed by atoms with Crippen molar-refractivity contribution in [3.8, 4) is 17.2 Å². The zero-order valence-corrected chi connectivity index (χ0v) is 21.5. The van der Waals surface area contributed by atoms with Crippen LogP contribution >= 0.6 is 11.8 Å². The number of amides is 2. The first-order valence-corrected chi connectivity index (χ1v) is 12.4. The minimum absolute atomic E-state index is 0.380. The molecule has 0 aliphatic rings. The van der Waals surface area contributed by atoms with Gasteiger partial charge in [-0.2, -0.15) is 0 Å². The summed E-state index contributed by atoms with van der Waals surface area (Å²) < 4.78 is 12.6. The zero-order valence-electron chi connectivity index (χ0n) is 20.7. The molecule has 2 amide bonds. The molecule has 0 bridgehead atoms. The molecule has 0 saturated carbocycles. The number of nitrogens with one attached hydrogen (secondary N) is 2. The van der Waals surface area contributed by atoms with Crippen LogP contribution in [0.25, 0.3) is 5.69 Å². The number of aryl methyl sites for hydroxylation is 1. The van der Waals surface area contributed by atoms with Crippen LogP contribution in [0.15, 0.2) is 78.0 Å². The van der Waals surface area contributed by atoms with Crippen LogP contribution in [-0.2, 0) is 5.75 Å². The molecular formula is C27H29N5O3S. The second-order valence-electron chi connectivity index (χ2n) is 8.21. The maximum absolute atomic E-state index is 12.8. The van der Waals surface area contributed by atoms with Crippen molar-refractivity contribution in [3.05, 3.63) is 89.7 Å². The molecular weight excluding hydrogens is 474 g/mol. The molecule has 0 aliphatic carbocycles. The number of rotatable bonds is 9. The molecule has 0 spiro atoms. The second-order valence-corrected chi connectivity index (χ2v) is 9.15. The molecule has 186 valence electrons. The van der Waals surface area contributed by atoms with E-state index in [4.69, 9.17) is 9.47 Å².